The molecule has 7 nitrogen and oxygen atoms in total. The van der Waals surface area contributed by atoms with E-state index >= 15 is 0 Å². The van der Waals surface area contributed by atoms with Crippen LogP contribution >= 0.6 is 0 Å². The van der Waals surface area contributed by atoms with Gasteiger partial charge < -0.3 is 14.8 Å². The first-order valence-electron chi connectivity index (χ1n) is 7.72. The number of amides is 3. The molecule has 0 saturated carbocycles. The van der Waals surface area contributed by atoms with Gasteiger partial charge in [-0.2, -0.15) is 0 Å². The van der Waals surface area contributed by atoms with E-state index in [9.17, 15) is 14.4 Å². The quantitative estimate of drug-likeness (QED) is 0.631. The molecular weight excluding hydrogens is 312 g/mol. The number of nitrogens with zero attached hydrogens (tertiary/aromatic N) is 1. The molecule has 1 aromatic carbocycles. The molecule has 1 aromatic rings. The van der Waals surface area contributed by atoms with E-state index in [1.165, 1.54) is 13.0 Å². The molecule has 0 aliphatic carbocycles. The van der Waals surface area contributed by atoms with E-state index in [4.69, 9.17) is 9.47 Å². The molecule has 1 atom stereocenters. The molecule has 0 bridgehead atoms. The van der Waals surface area contributed by atoms with Crippen LogP contribution in [0.3, 0.4) is 0 Å². The van der Waals surface area contributed by atoms with Crippen LogP contribution in [0.25, 0.3) is 6.08 Å². The summed E-state index contributed by atoms with van der Waals surface area (Å²) in [5.74, 6) is -0.551. The lowest BCUT2D eigenvalue weighted by Crippen LogP contribution is -2.41. The average molecular weight is 332 g/mol. The van der Waals surface area contributed by atoms with Crippen molar-refractivity contribution in [3.63, 3.8) is 0 Å². The lowest BCUT2D eigenvalue weighted by atomic mass is 10.2. The molecule has 3 amide bonds. The Bertz CT molecular complexity index is 656. The number of ether oxygens (including phenoxy) is 2. The molecule has 1 N–H and O–H groups in total. The van der Waals surface area contributed by atoms with Crippen molar-refractivity contribution in [3.8, 4) is 5.75 Å². The first kappa shape index (κ1) is 17.5. The number of imide groups is 1. The zero-order valence-electron chi connectivity index (χ0n) is 13.7. The number of para-hydroxylation sites is 1. The third-order valence-corrected chi connectivity index (χ3v) is 3.38. The monoisotopic (exact) mass is 332 g/mol. The van der Waals surface area contributed by atoms with E-state index in [0.29, 0.717) is 18.9 Å². The highest BCUT2D eigenvalue weighted by atomic mass is 16.5. The van der Waals surface area contributed by atoms with E-state index in [0.717, 1.165) is 10.5 Å². The zero-order chi connectivity index (χ0) is 17.5. The lowest BCUT2D eigenvalue weighted by molar-refractivity contribution is -0.153. The number of rotatable bonds is 6. The largest absolute Gasteiger partial charge is 0.493 e. The molecular formula is C17H20N2O5. The standard InChI is InChI=1S/C17H20N2O5/c1-3-23-14-7-5-4-6-13(14)8-9-15(20)24-12(2)16(21)19-11-10-18-17(19)22/h4-9,12H,3,10-11H2,1-2H3,(H,18,22)/b9-8+/t12-/m1/s1. The molecule has 1 aliphatic rings. The Labute approximate surface area is 140 Å². The van der Waals surface area contributed by atoms with Crippen LogP contribution in [0.2, 0.25) is 0 Å². The number of carbonyl (C=O) groups excluding carboxylic acids is 3. The summed E-state index contributed by atoms with van der Waals surface area (Å²) in [6, 6.07) is 6.79. The maximum atomic E-state index is 12.0. The minimum atomic E-state index is -1.03. The van der Waals surface area contributed by atoms with Crippen molar-refractivity contribution in [2.75, 3.05) is 19.7 Å². The molecule has 2 rings (SSSR count). The molecule has 1 fully saturated rings. The first-order valence-corrected chi connectivity index (χ1v) is 7.72. The van der Waals surface area contributed by atoms with E-state index in [1.807, 2.05) is 19.1 Å². The van der Waals surface area contributed by atoms with E-state index in [-0.39, 0.29) is 6.54 Å². The molecule has 1 aliphatic heterocycles. The van der Waals surface area contributed by atoms with Crippen molar-refractivity contribution in [2.24, 2.45) is 0 Å². The van der Waals surface area contributed by atoms with Gasteiger partial charge >= 0.3 is 12.0 Å². The van der Waals surface area contributed by atoms with Crippen molar-refractivity contribution in [3.05, 3.63) is 35.9 Å². The van der Waals surface area contributed by atoms with Crippen LogP contribution in [0.4, 0.5) is 4.79 Å². The highest BCUT2D eigenvalue weighted by molar-refractivity contribution is 5.99. The average Bonchev–Trinajstić information content (AvgIpc) is 2.99. The summed E-state index contributed by atoms with van der Waals surface area (Å²) in [4.78, 5) is 36.4. The van der Waals surface area contributed by atoms with Gasteiger partial charge in [0.2, 0.25) is 0 Å². The van der Waals surface area contributed by atoms with Crippen molar-refractivity contribution in [1.29, 1.82) is 0 Å². The smallest absolute Gasteiger partial charge is 0.331 e. The minimum Gasteiger partial charge on any atom is -0.493 e. The molecule has 7 heteroatoms. The number of benzene rings is 1. The lowest BCUT2D eigenvalue weighted by Gasteiger charge is -2.17. The van der Waals surface area contributed by atoms with Crippen molar-refractivity contribution in [1.82, 2.24) is 10.2 Å². The van der Waals surface area contributed by atoms with Gasteiger partial charge in [-0.25, -0.2) is 9.59 Å². The highest BCUT2D eigenvalue weighted by Gasteiger charge is 2.31. The summed E-state index contributed by atoms with van der Waals surface area (Å²) in [5, 5.41) is 2.52. The van der Waals surface area contributed by atoms with Crippen LogP contribution in [-0.4, -0.2) is 48.6 Å². The highest BCUT2D eigenvalue weighted by Crippen LogP contribution is 2.19. The number of hydrogen-bond acceptors (Lipinski definition) is 5. The van der Waals surface area contributed by atoms with Gasteiger partial charge in [0.1, 0.15) is 5.75 Å². The third-order valence-electron chi connectivity index (χ3n) is 3.38. The number of carbonyl (C=O) groups is 3. The molecule has 1 saturated heterocycles. The Morgan fingerprint density at radius 1 is 1.38 bits per heavy atom. The fourth-order valence-corrected chi connectivity index (χ4v) is 2.23. The Kier molecular flexibility index (Phi) is 5.95. The Hall–Kier alpha value is -2.83. The second-order valence-electron chi connectivity index (χ2n) is 5.11. The van der Waals surface area contributed by atoms with Crippen LogP contribution < -0.4 is 10.1 Å². The normalized spacial score (nSPS) is 15.2. The van der Waals surface area contributed by atoms with Gasteiger partial charge in [0.15, 0.2) is 6.10 Å². The predicted molar refractivity (Wildman–Crippen MR) is 87.3 cm³/mol. The molecule has 24 heavy (non-hydrogen) atoms. The third kappa shape index (κ3) is 4.34. The first-order chi connectivity index (χ1) is 11.5. The molecule has 1 heterocycles. The summed E-state index contributed by atoms with van der Waals surface area (Å²) in [6.45, 7) is 4.50. The van der Waals surface area contributed by atoms with Crippen LogP contribution in [-0.2, 0) is 14.3 Å². The maximum Gasteiger partial charge on any atom is 0.331 e. The number of esters is 1. The van der Waals surface area contributed by atoms with Gasteiger partial charge in [0.05, 0.1) is 6.61 Å². The molecule has 0 unspecified atom stereocenters. The van der Waals surface area contributed by atoms with Crippen LogP contribution in [0.15, 0.2) is 30.3 Å². The topological polar surface area (TPSA) is 84.9 Å². The zero-order valence-corrected chi connectivity index (χ0v) is 13.7. The maximum absolute atomic E-state index is 12.0. The van der Waals surface area contributed by atoms with Crippen LogP contribution in [0.1, 0.15) is 19.4 Å². The predicted octanol–water partition coefficient (Wildman–Crippen LogP) is 1.58. The SMILES string of the molecule is CCOc1ccccc1/C=C/C(=O)O[C@H](C)C(=O)N1CCNC1=O. The summed E-state index contributed by atoms with van der Waals surface area (Å²) in [6.07, 6.45) is 1.76. The Morgan fingerprint density at radius 2 is 2.12 bits per heavy atom. The molecule has 0 aromatic heterocycles. The van der Waals surface area contributed by atoms with E-state index < -0.39 is 24.0 Å². The summed E-state index contributed by atoms with van der Waals surface area (Å²) in [5.41, 5.74) is 0.731. The second-order valence-corrected chi connectivity index (χ2v) is 5.11. The van der Waals surface area contributed by atoms with Crippen molar-refractivity contribution in [2.45, 2.75) is 20.0 Å². The van der Waals surface area contributed by atoms with Crippen molar-refractivity contribution >= 4 is 24.0 Å². The van der Waals surface area contributed by atoms with Gasteiger partial charge in [-0.15, -0.1) is 0 Å². The molecule has 0 spiro atoms. The van der Waals surface area contributed by atoms with E-state index in [1.54, 1.807) is 18.2 Å². The summed E-state index contributed by atoms with van der Waals surface area (Å²) in [7, 11) is 0. The Morgan fingerprint density at radius 3 is 2.79 bits per heavy atom. The number of nitrogens with one attached hydrogen (secondary N) is 1. The fraction of sp³-hybridized carbons (Fsp3) is 0.353. The van der Waals surface area contributed by atoms with Gasteiger partial charge in [-0.1, -0.05) is 18.2 Å². The number of hydrogen-bond donors (Lipinski definition) is 1. The van der Waals surface area contributed by atoms with E-state index in [2.05, 4.69) is 5.32 Å². The molecule has 128 valence electrons. The summed E-state index contributed by atoms with van der Waals surface area (Å²) >= 11 is 0. The van der Waals surface area contributed by atoms with Crippen LogP contribution in [0.5, 0.6) is 5.75 Å². The van der Waals surface area contributed by atoms with Crippen LogP contribution in [0, 0.1) is 0 Å². The molecule has 0 radical (unpaired) electrons. The van der Waals surface area contributed by atoms with Gasteiger partial charge in [0.25, 0.3) is 5.91 Å². The number of urea groups is 1. The summed E-state index contributed by atoms with van der Waals surface area (Å²) < 4.78 is 10.5. The van der Waals surface area contributed by atoms with Gasteiger partial charge in [0, 0.05) is 24.7 Å². The van der Waals surface area contributed by atoms with Gasteiger partial charge in [-0.05, 0) is 26.0 Å². The fourth-order valence-electron chi connectivity index (χ4n) is 2.23. The second kappa shape index (κ2) is 8.14. The van der Waals surface area contributed by atoms with Gasteiger partial charge in [-0.3, -0.25) is 9.69 Å². The van der Waals surface area contributed by atoms with Crippen molar-refractivity contribution < 1.29 is 23.9 Å². The minimum absolute atomic E-state index is 0.275. The Balaban J connectivity index is 1.95.